The predicted molar refractivity (Wildman–Crippen MR) is 203 cm³/mol. The van der Waals surface area contributed by atoms with Crippen LogP contribution in [0.3, 0.4) is 0 Å². The quantitative estimate of drug-likeness (QED) is 0.0440. The Labute approximate surface area is 307 Å². The molecule has 2 N–H and O–H groups in total. The molecule has 0 bridgehead atoms. The van der Waals surface area contributed by atoms with Crippen molar-refractivity contribution in [3.63, 3.8) is 0 Å². The number of unbranched alkanes of at least 4 members (excludes halogenated alkanes) is 12. The van der Waals surface area contributed by atoms with Crippen molar-refractivity contribution in [1.29, 1.82) is 0 Å². The average molecular weight is 705 g/mol. The Morgan fingerprint density at radius 3 is 1.46 bits per heavy atom. The molecule has 0 amide bonds. The van der Waals surface area contributed by atoms with E-state index in [2.05, 4.69) is 13.8 Å². The Morgan fingerprint density at radius 2 is 0.940 bits per heavy atom. The lowest BCUT2D eigenvalue weighted by molar-refractivity contribution is -0.122. The SMILES string of the molecule is CCCCCCC1CC2C(CCCCCCCC(O)OCC3CO3)C(CCCCCCCC(O)OCC3CO3)C3CC[C@@H]3C2CC1CCCC. The van der Waals surface area contributed by atoms with Crippen LogP contribution in [0.2, 0.25) is 0 Å². The van der Waals surface area contributed by atoms with Crippen molar-refractivity contribution in [2.45, 2.75) is 206 Å². The first-order valence-electron chi connectivity index (χ1n) is 22.4. The first-order valence-corrected chi connectivity index (χ1v) is 22.4. The molecule has 0 aromatic carbocycles. The van der Waals surface area contributed by atoms with Gasteiger partial charge in [0, 0.05) is 0 Å². The summed E-state index contributed by atoms with van der Waals surface area (Å²) in [6.07, 6.45) is 33.9. The van der Waals surface area contributed by atoms with Gasteiger partial charge in [0.2, 0.25) is 0 Å². The van der Waals surface area contributed by atoms with Gasteiger partial charge >= 0.3 is 0 Å². The third-order valence-corrected chi connectivity index (χ3v) is 14.0. The van der Waals surface area contributed by atoms with Crippen molar-refractivity contribution in [3.05, 3.63) is 0 Å². The van der Waals surface area contributed by atoms with Gasteiger partial charge < -0.3 is 29.2 Å². The third-order valence-electron chi connectivity index (χ3n) is 14.0. The van der Waals surface area contributed by atoms with Crippen LogP contribution in [-0.4, -0.2) is 61.4 Å². The van der Waals surface area contributed by atoms with Gasteiger partial charge in [-0.1, -0.05) is 117 Å². The molecule has 6 nitrogen and oxygen atoms in total. The highest BCUT2D eigenvalue weighted by molar-refractivity contribution is 5.04. The van der Waals surface area contributed by atoms with Gasteiger partial charge in [-0.05, 0) is 112 Å². The van der Waals surface area contributed by atoms with Crippen LogP contribution in [0.25, 0.3) is 0 Å². The standard InChI is InChI=1S/C44H80O6/c1-3-5-7-14-20-34-28-41-38(22-16-11-9-13-18-24-44(46)50-32-36-30-48-36)37(39-25-26-40(39)42(41)27-33(34)19-6-4-2)21-15-10-8-12-17-23-43(45)49-31-35-29-47-35/h33-46H,3-32H2,1-2H3/t33?,34?,35?,36?,37?,38?,39?,40-,41?,42?,43?,44?/m0/s1. The van der Waals surface area contributed by atoms with Gasteiger partial charge in [0.1, 0.15) is 12.2 Å². The topological polar surface area (TPSA) is 84.0 Å². The fraction of sp³-hybridized carbons (Fsp3) is 1.00. The minimum atomic E-state index is -0.620. The normalized spacial score (nSPS) is 34.1. The average Bonchev–Trinajstić information content (AvgIpc) is 4.04. The van der Waals surface area contributed by atoms with Gasteiger partial charge in [0.25, 0.3) is 0 Å². The summed E-state index contributed by atoms with van der Waals surface area (Å²) in [4.78, 5) is 0. The number of aliphatic hydroxyl groups excluding tert-OH is 2. The van der Waals surface area contributed by atoms with E-state index in [9.17, 15) is 10.2 Å². The number of ether oxygens (including phenoxy) is 4. The first-order chi connectivity index (χ1) is 24.6. The van der Waals surface area contributed by atoms with Crippen LogP contribution in [0, 0.1) is 47.3 Å². The molecule has 0 aromatic heterocycles. The molecule has 2 saturated heterocycles. The number of aliphatic hydroxyl groups is 2. The molecule has 6 heteroatoms. The number of epoxide rings is 2. The largest absolute Gasteiger partial charge is 0.371 e. The van der Waals surface area contributed by atoms with E-state index < -0.39 is 12.6 Å². The van der Waals surface area contributed by atoms with E-state index >= 15 is 0 Å². The summed E-state index contributed by atoms with van der Waals surface area (Å²) in [5.41, 5.74) is 0. The molecule has 3 saturated carbocycles. The molecule has 292 valence electrons. The smallest absolute Gasteiger partial charge is 0.154 e. The second-order valence-corrected chi connectivity index (χ2v) is 17.7. The molecule has 12 atom stereocenters. The maximum Gasteiger partial charge on any atom is 0.154 e. The molecule has 2 heterocycles. The lowest BCUT2D eigenvalue weighted by Crippen LogP contribution is -2.54. The van der Waals surface area contributed by atoms with Crippen LogP contribution >= 0.6 is 0 Å². The maximum atomic E-state index is 10.2. The second kappa shape index (κ2) is 22.9. The molecule has 11 unspecified atom stereocenters. The molecule has 0 aromatic rings. The maximum absolute atomic E-state index is 10.2. The first kappa shape index (κ1) is 40.9. The van der Waals surface area contributed by atoms with Gasteiger partial charge in [0.15, 0.2) is 12.6 Å². The van der Waals surface area contributed by atoms with Crippen molar-refractivity contribution in [2.75, 3.05) is 26.4 Å². The Hall–Kier alpha value is -0.240. The Bertz CT molecular complexity index is 877. The minimum absolute atomic E-state index is 0.226. The summed E-state index contributed by atoms with van der Waals surface area (Å²) in [6.45, 7) is 7.42. The zero-order valence-electron chi connectivity index (χ0n) is 32.7. The minimum Gasteiger partial charge on any atom is -0.371 e. The lowest BCUT2D eigenvalue weighted by Gasteiger charge is -2.61. The van der Waals surface area contributed by atoms with Crippen LogP contribution in [-0.2, 0) is 18.9 Å². The van der Waals surface area contributed by atoms with Crippen LogP contribution in [0.5, 0.6) is 0 Å². The van der Waals surface area contributed by atoms with E-state index in [1.54, 1.807) is 12.8 Å². The van der Waals surface area contributed by atoms with Gasteiger partial charge in [-0.25, -0.2) is 0 Å². The zero-order valence-corrected chi connectivity index (χ0v) is 32.7. The van der Waals surface area contributed by atoms with Crippen LogP contribution < -0.4 is 0 Å². The number of fused-ring (bicyclic) bond motifs is 3. The Balaban J connectivity index is 1.10. The van der Waals surface area contributed by atoms with E-state index in [-0.39, 0.29) is 12.2 Å². The van der Waals surface area contributed by atoms with Crippen molar-refractivity contribution in [3.8, 4) is 0 Å². The predicted octanol–water partition coefficient (Wildman–Crippen LogP) is 10.6. The zero-order chi connectivity index (χ0) is 35.0. The van der Waals surface area contributed by atoms with Crippen molar-refractivity contribution < 1.29 is 29.2 Å². The molecule has 0 radical (unpaired) electrons. The second-order valence-electron chi connectivity index (χ2n) is 17.7. The molecule has 50 heavy (non-hydrogen) atoms. The van der Waals surface area contributed by atoms with E-state index in [4.69, 9.17) is 18.9 Å². The van der Waals surface area contributed by atoms with Crippen molar-refractivity contribution in [2.24, 2.45) is 47.3 Å². The Morgan fingerprint density at radius 1 is 0.500 bits per heavy atom. The summed E-state index contributed by atoms with van der Waals surface area (Å²) in [5, 5.41) is 20.3. The number of hydrogen-bond donors (Lipinski definition) is 2. The van der Waals surface area contributed by atoms with E-state index in [0.29, 0.717) is 13.2 Å². The summed E-state index contributed by atoms with van der Waals surface area (Å²) >= 11 is 0. The highest BCUT2D eigenvalue weighted by Gasteiger charge is 2.55. The summed E-state index contributed by atoms with van der Waals surface area (Å²) < 4.78 is 21.4. The van der Waals surface area contributed by atoms with Gasteiger partial charge in [0.05, 0.1) is 26.4 Å². The van der Waals surface area contributed by atoms with Gasteiger partial charge in [-0.15, -0.1) is 0 Å². The van der Waals surface area contributed by atoms with E-state index in [1.807, 2.05) is 0 Å². The van der Waals surface area contributed by atoms with Gasteiger partial charge in [-0.3, -0.25) is 0 Å². The molecule has 5 rings (SSSR count). The molecule has 2 aliphatic heterocycles. The molecule has 3 aliphatic carbocycles. The molecule has 5 aliphatic rings. The molecule has 5 fully saturated rings. The van der Waals surface area contributed by atoms with Crippen LogP contribution in [0.1, 0.15) is 181 Å². The van der Waals surface area contributed by atoms with Crippen LogP contribution in [0.4, 0.5) is 0 Å². The monoisotopic (exact) mass is 705 g/mol. The summed E-state index contributed by atoms with van der Waals surface area (Å²) in [6, 6.07) is 0. The van der Waals surface area contributed by atoms with Crippen molar-refractivity contribution in [1.82, 2.24) is 0 Å². The molecule has 0 spiro atoms. The summed E-state index contributed by atoms with van der Waals surface area (Å²) in [7, 11) is 0. The number of hydrogen-bond acceptors (Lipinski definition) is 6. The van der Waals surface area contributed by atoms with Crippen LogP contribution in [0.15, 0.2) is 0 Å². The van der Waals surface area contributed by atoms with E-state index in [0.717, 1.165) is 86.2 Å². The van der Waals surface area contributed by atoms with Crippen molar-refractivity contribution >= 4 is 0 Å². The van der Waals surface area contributed by atoms with Gasteiger partial charge in [-0.2, -0.15) is 0 Å². The highest BCUT2D eigenvalue weighted by atomic mass is 16.6. The third kappa shape index (κ3) is 13.9. The van der Waals surface area contributed by atoms with E-state index in [1.165, 1.54) is 128 Å². The fourth-order valence-electron chi connectivity index (χ4n) is 10.9. The molecular formula is C44H80O6. The number of rotatable bonds is 30. The fourth-order valence-corrected chi connectivity index (χ4v) is 10.9. The lowest BCUT2D eigenvalue weighted by atomic mass is 9.44. The molecular weight excluding hydrogens is 624 g/mol. The summed E-state index contributed by atoms with van der Waals surface area (Å²) in [5.74, 6) is 7.95. The Kier molecular flexibility index (Phi) is 18.7. The highest BCUT2D eigenvalue weighted by Crippen LogP contribution is 2.63.